The Balaban J connectivity index is 2.30. The molecule has 126 valence electrons. The number of carbonyl (C=O) groups is 1. The second-order valence-corrected chi connectivity index (χ2v) is 7.42. The van der Waals surface area contributed by atoms with Crippen LogP contribution in [0.2, 0.25) is 0 Å². The molecule has 24 heavy (non-hydrogen) atoms. The number of fused-ring (bicyclic) bond motifs is 3. The highest BCUT2D eigenvalue weighted by atomic mass is 32.1. The van der Waals surface area contributed by atoms with Gasteiger partial charge in [0.2, 0.25) is 5.88 Å². The van der Waals surface area contributed by atoms with Crippen molar-refractivity contribution in [2.45, 2.75) is 13.8 Å². The minimum absolute atomic E-state index is 0.0545. The molecule has 0 saturated heterocycles. The summed E-state index contributed by atoms with van der Waals surface area (Å²) in [5, 5.41) is -0.0545. The van der Waals surface area contributed by atoms with Crippen molar-refractivity contribution in [2.75, 3.05) is 18.9 Å². The van der Waals surface area contributed by atoms with Crippen molar-refractivity contribution in [3.8, 4) is 11.3 Å². The van der Waals surface area contributed by atoms with Gasteiger partial charge in [0, 0.05) is 11.1 Å². The zero-order chi connectivity index (χ0) is 17.5. The number of hydrogen-bond donors (Lipinski definition) is 1. The van der Waals surface area contributed by atoms with E-state index >= 15 is 0 Å². The summed E-state index contributed by atoms with van der Waals surface area (Å²) in [6, 6.07) is 6.97. The highest BCUT2D eigenvalue weighted by Gasteiger charge is 2.39. The average Bonchev–Trinajstić information content (AvgIpc) is 2.81. The molecule has 0 spiro atoms. The Morgan fingerprint density at radius 1 is 1.17 bits per heavy atom. The number of anilines is 1. The molecule has 1 aromatic heterocycles. The Hall–Kier alpha value is -1.79. The molecule has 0 saturated carbocycles. The molecule has 6 nitrogen and oxygen atoms in total. The Labute approximate surface area is 144 Å². The Kier molecular flexibility index (Phi) is 4.44. The molecule has 3 rings (SSSR count). The van der Waals surface area contributed by atoms with Gasteiger partial charge in [0.1, 0.15) is 11.1 Å². The maximum Gasteiger partial charge on any atom is 0.368 e. The van der Waals surface area contributed by atoms with Crippen molar-refractivity contribution < 1.29 is 22.8 Å². The number of hydrogen-bond acceptors (Lipinski definition) is 7. The third-order valence-corrected chi connectivity index (χ3v) is 6.38. The molecule has 0 amide bonds. The number of carbonyl (C=O) groups excluding carboxylic acids is 1. The number of rotatable bonds is 5. The van der Waals surface area contributed by atoms with Crippen molar-refractivity contribution in [1.29, 1.82) is 0 Å². The first-order valence-corrected chi connectivity index (χ1v) is 9.40. The first-order chi connectivity index (χ1) is 11.4. The van der Waals surface area contributed by atoms with Gasteiger partial charge in [-0.3, -0.25) is 9.36 Å². The molecule has 1 heterocycles. The van der Waals surface area contributed by atoms with Gasteiger partial charge in [0.15, 0.2) is 5.78 Å². The molecule has 0 bridgehead atoms. The minimum Gasteiger partial charge on any atom is -0.439 e. The summed E-state index contributed by atoms with van der Waals surface area (Å²) >= 11 is 5.41. The lowest BCUT2D eigenvalue weighted by Crippen LogP contribution is -2.18. The molecular weight excluding hydrogens is 349 g/mol. The van der Waals surface area contributed by atoms with Crippen LogP contribution in [0.4, 0.5) is 5.88 Å². The highest BCUT2D eigenvalue weighted by Crippen LogP contribution is 2.50. The van der Waals surface area contributed by atoms with E-state index in [9.17, 15) is 9.36 Å². The number of benzene rings is 1. The van der Waals surface area contributed by atoms with Crippen molar-refractivity contribution >= 4 is 36.8 Å². The number of ketones is 1. The fourth-order valence-corrected chi connectivity index (χ4v) is 5.03. The van der Waals surface area contributed by atoms with Crippen LogP contribution in [0.15, 0.2) is 28.7 Å². The summed E-state index contributed by atoms with van der Waals surface area (Å²) in [6.45, 7) is 3.63. The zero-order valence-corrected chi connectivity index (χ0v) is 14.9. The predicted octanol–water partition coefficient (Wildman–Crippen LogP) is 3.69. The number of nitrogens with two attached hydrogens (primary N) is 1. The monoisotopic (exact) mass is 365 g/mol. The molecule has 8 heteroatoms. The Morgan fingerprint density at radius 2 is 1.75 bits per heavy atom. The lowest BCUT2D eigenvalue weighted by atomic mass is 10.1. The summed E-state index contributed by atoms with van der Waals surface area (Å²) in [7, 11) is -3.78. The van der Waals surface area contributed by atoms with Gasteiger partial charge in [0.25, 0.3) is 0 Å². The molecule has 0 radical (unpaired) electrons. The van der Waals surface area contributed by atoms with E-state index in [1.807, 2.05) is 0 Å². The minimum atomic E-state index is -3.78. The van der Waals surface area contributed by atoms with Gasteiger partial charge in [-0.2, -0.15) is 0 Å². The average molecular weight is 365 g/mol. The summed E-state index contributed by atoms with van der Waals surface area (Å²) in [5.74, 6) is -0.148. The topological polar surface area (TPSA) is 91.8 Å². The fourth-order valence-electron chi connectivity index (χ4n) is 2.72. The molecule has 2 aromatic rings. The van der Waals surface area contributed by atoms with E-state index in [4.69, 9.17) is 31.4 Å². The molecule has 1 aliphatic rings. The third kappa shape index (κ3) is 2.45. The highest BCUT2D eigenvalue weighted by molar-refractivity contribution is 7.73. The van der Waals surface area contributed by atoms with E-state index in [0.29, 0.717) is 16.9 Å². The van der Waals surface area contributed by atoms with Crippen LogP contribution in [0.25, 0.3) is 11.3 Å². The molecule has 1 aromatic carbocycles. The smallest absolute Gasteiger partial charge is 0.368 e. The van der Waals surface area contributed by atoms with Crippen LogP contribution in [-0.2, 0) is 13.6 Å². The SMILES string of the molecule is CCOP(=O)(OCC)c1c(N)oc2c(c1=S)C(=O)c1ccccc1-2. The maximum absolute atomic E-state index is 13.1. The van der Waals surface area contributed by atoms with Gasteiger partial charge in [-0.1, -0.05) is 36.5 Å². The maximum atomic E-state index is 13.1. The molecule has 0 atom stereocenters. The second-order valence-electron chi connectivity index (χ2n) is 5.06. The van der Waals surface area contributed by atoms with Crippen LogP contribution in [0.1, 0.15) is 29.8 Å². The molecule has 0 aliphatic heterocycles. The lowest BCUT2D eigenvalue weighted by Gasteiger charge is -2.18. The molecule has 2 N–H and O–H groups in total. The Morgan fingerprint density at radius 3 is 2.33 bits per heavy atom. The van der Waals surface area contributed by atoms with E-state index in [0.717, 1.165) is 0 Å². The van der Waals surface area contributed by atoms with Crippen LogP contribution in [0, 0.1) is 4.51 Å². The van der Waals surface area contributed by atoms with Crippen molar-refractivity contribution in [3.63, 3.8) is 0 Å². The summed E-state index contributed by atoms with van der Waals surface area (Å²) in [5.41, 5.74) is 7.23. The second kappa shape index (κ2) is 6.26. The van der Waals surface area contributed by atoms with Gasteiger partial charge in [0.05, 0.1) is 23.3 Å². The normalized spacial score (nSPS) is 13.0. The first-order valence-electron chi connectivity index (χ1n) is 7.45. The van der Waals surface area contributed by atoms with Gasteiger partial charge in [-0.05, 0) is 13.8 Å². The summed E-state index contributed by atoms with van der Waals surface area (Å²) in [6.07, 6.45) is 0. The quantitative estimate of drug-likeness (QED) is 0.544. The van der Waals surface area contributed by atoms with Crippen LogP contribution < -0.4 is 11.0 Å². The summed E-state index contributed by atoms with van der Waals surface area (Å²) in [4.78, 5) is 12.7. The lowest BCUT2D eigenvalue weighted by molar-refractivity contribution is 0.104. The van der Waals surface area contributed by atoms with Gasteiger partial charge >= 0.3 is 7.60 Å². The standard InChI is InChI=1S/C16H16NO5PS/c1-3-20-23(19,21-4-2)14-15(24)11-12(18)9-7-5-6-8-10(9)13(11)22-16(14)17/h5-8H,3-4,17H2,1-2H3. The van der Waals surface area contributed by atoms with Gasteiger partial charge in [-0.15, -0.1) is 0 Å². The zero-order valence-electron chi connectivity index (χ0n) is 13.2. The van der Waals surface area contributed by atoms with Crippen LogP contribution >= 0.6 is 19.8 Å². The van der Waals surface area contributed by atoms with Crippen LogP contribution in [-0.4, -0.2) is 19.0 Å². The van der Waals surface area contributed by atoms with E-state index in [1.165, 1.54) is 0 Å². The molecule has 0 unspecified atom stereocenters. The van der Waals surface area contributed by atoms with E-state index in [2.05, 4.69) is 0 Å². The van der Waals surface area contributed by atoms with Crippen LogP contribution in [0.5, 0.6) is 0 Å². The van der Waals surface area contributed by atoms with E-state index < -0.39 is 7.60 Å². The third-order valence-electron chi connectivity index (χ3n) is 3.63. The van der Waals surface area contributed by atoms with Gasteiger partial charge in [-0.25, -0.2) is 0 Å². The van der Waals surface area contributed by atoms with E-state index in [1.54, 1.807) is 38.1 Å². The van der Waals surface area contributed by atoms with Crippen molar-refractivity contribution in [1.82, 2.24) is 0 Å². The van der Waals surface area contributed by atoms with Crippen molar-refractivity contribution in [3.05, 3.63) is 39.9 Å². The Bertz CT molecular complexity index is 927. The fraction of sp³-hybridized carbons (Fsp3) is 0.250. The van der Waals surface area contributed by atoms with Crippen LogP contribution in [0.3, 0.4) is 0 Å². The first kappa shape index (κ1) is 17.0. The van der Waals surface area contributed by atoms with Crippen molar-refractivity contribution in [2.24, 2.45) is 0 Å². The molecule has 0 fully saturated rings. The number of nitrogen functional groups attached to an aromatic ring is 1. The van der Waals surface area contributed by atoms with E-state index in [-0.39, 0.29) is 40.3 Å². The predicted molar refractivity (Wildman–Crippen MR) is 93.3 cm³/mol. The molecule has 1 aliphatic carbocycles. The largest absolute Gasteiger partial charge is 0.439 e. The molecular formula is C16H16NO5PS. The van der Waals surface area contributed by atoms with Gasteiger partial charge < -0.3 is 19.2 Å². The summed E-state index contributed by atoms with van der Waals surface area (Å²) < 4.78 is 29.4.